The Kier molecular flexibility index (Phi) is 2.41. The summed E-state index contributed by atoms with van der Waals surface area (Å²) in [4.78, 5) is 22.5. The largest absolute Gasteiger partial charge is 0.317 e. The van der Waals surface area contributed by atoms with Crippen LogP contribution in [0.5, 0.6) is 0 Å². The lowest BCUT2D eigenvalue weighted by atomic mass is 10.1. The van der Waals surface area contributed by atoms with E-state index in [1.807, 2.05) is 0 Å². The van der Waals surface area contributed by atoms with Crippen LogP contribution in [0.4, 0.5) is 5.69 Å². The number of benzene rings is 1. The molecule has 6 heteroatoms. The van der Waals surface area contributed by atoms with Crippen molar-refractivity contribution < 1.29 is 9.59 Å². The van der Waals surface area contributed by atoms with Gasteiger partial charge in [0.25, 0.3) is 11.7 Å². The van der Waals surface area contributed by atoms with Crippen LogP contribution in [-0.2, 0) is 4.79 Å². The first kappa shape index (κ1) is 10.1. The number of hydrogen-bond acceptors (Lipinski definition) is 2. The summed E-state index contributed by atoms with van der Waals surface area (Å²) in [5.74, 6) is -1.21. The van der Waals surface area contributed by atoms with Gasteiger partial charge in [-0.3, -0.25) is 9.59 Å². The number of Topliss-reactive ketones (excluding diaryl/α,β-unsaturated/α-hetero) is 1. The van der Waals surface area contributed by atoms with Gasteiger partial charge in [-0.15, -0.1) is 0 Å². The zero-order valence-corrected chi connectivity index (χ0v) is 10.5. The number of anilines is 1. The van der Waals surface area contributed by atoms with E-state index in [0.29, 0.717) is 19.7 Å². The molecule has 0 saturated heterocycles. The number of carbonyl (C=O) groups is 2. The second-order valence-electron chi connectivity index (χ2n) is 2.69. The molecule has 0 atom stereocenters. The molecule has 0 bridgehead atoms. The predicted octanol–water partition coefficient (Wildman–Crippen LogP) is 3.00. The molecule has 0 spiro atoms. The SMILES string of the molecule is O=C1Nc2c(Br)cc(Cl)c(Br)c2C1=O. The maximum atomic E-state index is 11.4. The van der Waals surface area contributed by atoms with Crippen molar-refractivity contribution in [3.63, 3.8) is 0 Å². The molecule has 0 fully saturated rings. The van der Waals surface area contributed by atoms with Crippen LogP contribution in [0.25, 0.3) is 0 Å². The van der Waals surface area contributed by atoms with Crippen molar-refractivity contribution >= 4 is 60.8 Å². The summed E-state index contributed by atoms with van der Waals surface area (Å²) in [5.41, 5.74) is 0.755. The molecule has 72 valence electrons. The monoisotopic (exact) mass is 337 g/mol. The summed E-state index contributed by atoms with van der Waals surface area (Å²) in [5, 5.41) is 2.85. The van der Waals surface area contributed by atoms with Crippen molar-refractivity contribution in [2.24, 2.45) is 0 Å². The van der Waals surface area contributed by atoms with Crippen molar-refractivity contribution in [2.75, 3.05) is 5.32 Å². The van der Waals surface area contributed by atoms with Gasteiger partial charge in [0.05, 0.1) is 16.3 Å². The van der Waals surface area contributed by atoms with Gasteiger partial charge in [-0.05, 0) is 37.9 Å². The van der Waals surface area contributed by atoms with E-state index >= 15 is 0 Å². The summed E-state index contributed by atoms with van der Waals surface area (Å²) in [6.45, 7) is 0. The Morgan fingerprint density at radius 3 is 2.57 bits per heavy atom. The number of halogens is 3. The Bertz CT molecular complexity index is 473. The van der Waals surface area contributed by atoms with E-state index in [1.165, 1.54) is 0 Å². The van der Waals surface area contributed by atoms with Crippen molar-refractivity contribution in [1.82, 2.24) is 0 Å². The number of carbonyl (C=O) groups excluding carboxylic acids is 2. The Morgan fingerprint density at radius 2 is 1.93 bits per heavy atom. The molecule has 0 saturated carbocycles. The van der Waals surface area contributed by atoms with Crippen LogP contribution in [0.2, 0.25) is 5.02 Å². The Morgan fingerprint density at radius 1 is 1.29 bits per heavy atom. The highest BCUT2D eigenvalue weighted by atomic mass is 79.9. The van der Waals surface area contributed by atoms with Crippen LogP contribution in [0.3, 0.4) is 0 Å². The van der Waals surface area contributed by atoms with E-state index in [0.717, 1.165) is 0 Å². The lowest BCUT2D eigenvalue weighted by molar-refractivity contribution is -0.112. The lowest BCUT2D eigenvalue weighted by Gasteiger charge is -2.04. The van der Waals surface area contributed by atoms with Crippen LogP contribution < -0.4 is 5.32 Å². The molecule has 2 rings (SSSR count). The van der Waals surface area contributed by atoms with E-state index < -0.39 is 11.7 Å². The number of amides is 1. The third kappa shape index (κ3) is 1.31. The fourth-order valence-electron chi connectivity index (χ4n) is 1.21. The normalized spacial score (nSPS) is 14.2. The molecule has 14 heavy (non-hydrogen) atoms. The summed E-state index contributed by atoms with van der Waals surface area (Å²) >= 11 is 12.2. The molecule has 1 heterocycles. The summed E-state index contributed by atoms with van der Waals surface area (Å²) in [6, 6.07) is 1.61. The predicted molar refractivity (Wildman–Crippen MR) is 59.8 cm³/mol. The Hall–Kier alpha value is -0.390. The minimum atomic E-state index is -0.635. The van der Waals surface area contributed by atoms with Crippen molar-refractivity contribution in [3.8, 4) is 0 Å². The van der Waals surface area contributed by atoms with Crippen molar-refractivity contribution in [1.29, 1.82) is 0 Å². The van der Waals surface area contributed by atoms with Crippen LogP contribution in [0.15, 0.2) is 15.0 Å². The average molecular weight is 339 g/mol. The minimum absolute atomic E-state index is 0.286. The number of ketones is 1. The van der Waals surface area contributed by atoms with Gasteiger partial charge in [0.15, 0.2) is 0 Å². The molecule has 0 radical (unpaired) electrons. The Labute approximate surface area is 101 Å². The third-order valence-electron chi connectivity index (χ3n) is 1.84. The van der Waals surface area contributed by atoms with E-state index in [-0.39, 0.29) is 5.56 Å². The van der Waals surface area contributed by atoms with Crippen molar-refractivity contribution in [2.45, 2.75) is 0 Å². The zero-order valence-electron chi connectivity index (χ0n) is 6.53. The maximum Gasteiger partial charge on any atom is 0.296 e. The molecule has 1 aliphatic heterocycles. The molecule has 0 unspecified atom stereocenters. The number of nitrogens with one attached hydrogen (secondary N) is 1. The fraction of sp³-hybridized carbons (Fsp3) is 0. The van der Waals surface area contributed by atoms with Gasteiger partial charge < -0.3 is 5.32 Å². The van der Waals surface area contributed by atoms with Gasteiger partial charge in [-0.25, -0.2) is 0 Å². The van der Waals surface area contributed by atoms with Gasteiger partial charge in [0.2, 0.25) is 0 Å². The molecule has 1 amide bonds. The smallest absolute Gasteiger partial charge is 0.296 e. The van der Waals surface area contributed by atoms with Crippen molar-refractivity contribution in [3.05, 3.63) is 25.6 Å². The quantitative estimate of drug-likeness (QED) is 0.583. The molecule has 0 aromatic heterocycles. The molecular formula is C8H2Br2ClNO2. The second-order valence-corrected chi connectivity index (χ2v) is 4.74. The van der Waals surface area contributed by atoms with Gasteiger partial charge in [0, 0.05) is 8.95 Å². The second kappa shape index (κ2) is 3.32. The first-order valence-corrected chi connectivity index (χ1v) is 5.52. The lowest BCUT2D eigenvalue weighted by Crippen LogP contribution is -2.12. The van der Waals surface area contributed by atoms with Gasteiger partial charge in [-0.1, -0.05) is 11.6 Å². The molecule has 0 aliphatic carbocycles. The van der Waals surface area contributed by atoms with Gasteiger partial charge in [0.1, 0.15) is 0 Å². The van der Waals surface area contributed by atoms with E-state index in [2.05, 4.69) is 37.2 Å². The van der Waals surface area contributed by atoms with E-state index in [9.17, 15) is 9.59 Å². The Balaban J connectivity index is 2.80. The summed E-state index contributed by atoms with van der Waals surface area (Å²) in [6.07, 6.45) is 0. The van der Waals surface area contributed by atoms with Gasteiger partial charge in [-0.2, -0.15) is 0 Å². The highest BCUT2D eigenvalue weighted by molar-refractivity contribution is 9.11. The number of rotatable bonds is 0. The standard InChI is InChI=1S/C8H2Br2ClNO2/c9-2-1-3(11)5(10)4-6(2)12-8(14)7(4)13/h1H,(H,12,13,14). The van der Waals surface area contributed by atoms with Crippen LogP contribution in [0, 0.1) is 0 Å². The maximum absolute atomic E-state index is 11.4. The average Bonchev–Trinajstić information content (AvgIpc) is 2.41. The molecule has 1 aromatic carbocycles. The molecule has 1 aromatic rings. The van der Waals surface area contributed by atoms with Crippen LogP contribution >= 0.6 is 43.5 Å². The topological polar surface area (TPSA) is 46.2 Å². The number of fused-ring (bicyclic) bond motifs is 1. The number of hydrogen-bond donors (Lipinski definition) is 1. The van der Waals surface area contributed by atoms with Gasteiger partial charge >= 0.3 is 0 Å². The molecule has 1 N–H and O–H groups in total. The van der Waals surface area contributed by atoms with E-state index in [1.54, 1.807) is 6.07 Å². The molecule has 3 nitrogen and oxygen atoms in total. The summed E-state index contributed by atoms with van der Waals surface area (Å²) < 4.78 is 1.04. The fourth-order valence-corrected chi connectivity index (χ4v) is 2.57. The van der Waals surface area contributed by atoms with Crippen LogP contribution in [-0.4, -0.2) is 11.7 Å². The third-order valence-corrected chi connectivity index (χ3v) is 3.82. The first-order chi connectivity index (χ1) is 6.52. The first-order valence-electron chi connectivity index (χ1n) is 3.55. The molecule has 1 aliphatic rings. The molecular weight excluding hydrogens is 337 g/mol. The minimum Gasteiger partial charge on any atom is -0.317 e. The van der Waals surface area contributed by atoms with E-state index in [4.69, 9.17) is 11.6 Å². The van der Waals surface area contributed by atoms with Crippen LogP contribution in [0.1, 0.15) is 10.4 Å². The highest BCUT2D eigenvalue weighted by Gasteiger charge is 2.33. The zero-order chi connectivity index (χ0) is 10.5. The highest BCUT2D eigenvalue weighted by Crippen LogP contribution is 2.40. The summed E-state index contributed by atoms with van der Waals surface area (Å²) in [7, 11) is 0.